The van der Waals surface area contributed by atoms with E-state index >= 15 is 0 Å². The Morgan fingerprint density at radius 3 is 2.21 bits per heavy atom. The number of benzene rings is 2. The molecule has 0 aliphatic carbocycles. The van der Waals surface area contributed by atoms with Gasteiger partial charge in [0.25, 0.3) is 0 Å². The van der Waals surface area contributed by atoms with E-state index in [1.54, 1.807) is 12.1 Å². The summed E-state index contributed by atoms with van der Waals surface area (Å²) in [6.07, 6.45) is -2.54. The molecule has 0 aromatic heterocycles. The second kappa shape index (κ2) is 9.41. The van der Waals surface area contributed by atoms with Gasteiger partial charge in [-0.05, 0) is 66.0 Å². The van der Waals surface area contributed by atoms with Crippen molar-refractivity contribution in [2.45, 2.75) is 58.0 Å². The molecule has 0 saturated carbocycles. The molecular formula is C22H25Cl2F3O. The van der Waals surface area contributed by atoms with Crippen LogP contribution < -0.4 is 4.74 Å². The van der Waals surface area contributed by atoms with Crippen LogP contribution in [0.3, 0.4) is 0 Å². The molecule has 154 valence electrons. The Bertz CT molecular complexity index is 818. The molecule has 2 atom stereocenters. The average molecular weight is 433 g/mol. The Labute approximate surface area is 174 Å². The monoisotopic (exact) mass is 432 g/mol. The molecule has 0 amide bonds. The van der Waals surface area contributed by atoms with Crippen LogP contribution in [0.25, 0.3) is 0 Å². The van der Waals surface area contributed by atoms with Gasteiger partial charge in [0.2, 0.25) is 0 Å². The first-order valence-corrected chi connectivity index (χ1v) is 10.1. The van der Waals surface area contributed by atoms with Gasteiger partial charge >= 0.3 is 6.18 Å². The molecule has 0 N–H and O–H groups in total. The number of halogens is 5. The largest absolute Gasteiger partial charge is 0.497 e. The zero-order valence-electron chi connectivity index (χ0n) is 16.5. The molecule has 0 fully saturated rings. The molecule has 0 saturated heterocycles. The second-order valence-electron chi connectivity index (χ2n) is 7.05. The number of ether oxygens (including phenoxy) is 1. The van der Waals surface area contributed by atoms with Gasteiger partial charge in [-0.2, -0.15) is 13.2 Å². The first-order valence-electron chi connectivity index (χ1n) is 9.35. The molecule has 0 aliphatic rings. The summed E-state index contributed by atoms with van der Waals surface area (Å²) in [5.74, 6) is 0.112. The molecular weight excluding hydrogens is 408 g/mol. The number of hydrogen-bond acceptors (Lipinski definition) is 1. The summed E-state index contributed by atoms with van der Waals surface area (Å²) >= 11 is 12.7. The van der Waals surface area contributed by atoms with Gasteiger partial charge in [0.15, 0.2) is 0 Å². The third kappa shape index (κ3) is 5.15. The average Bonchev–Trinajstić information content (AvgIpc) is 2.66. The van der Waals surface area contributed by atoms with E-state index in [4.69, 9.17) is 27.9 Å². The quantitative estimate of drug-likeness (QED) is 0.427. The third-order valence-electron chi connectivity index (χ3n) is 5.24. The van der Waals surface area contributed by atoms with E-state index < -0.39 is 11.7 Å². The molecule has 0 radical (unpaired) electrons. The smallest absolute Gasteiger partial charge is 0.416 e. The molecule has 2 aromatic carbocycles. The van der Waals surface area contributed by atoms with Crippen LogP contribution in [-0.4, -0.2) is 7.11 Å². The van der Waals surface area contributed by atoms with Gasteiger partial charge in [-0.3, -0.25) is 0 Å². The molecule has 0 spiro atoms. The first kappa shape index (κ1) is 22.9. The van der Waals surface area contributed by atoms with Crippen LogP contribution in [-0.2, 0) is 12.6 Å². The fourth-order valence-electron chi connectivity index (χ4n) is 3.39. The van der Waals surface area contributed by atoms with Crippen molar-refractivity contribution in [2.24, 2.45) is 0 Å². The third-order valence-corrected chi connectivity index (χ3v) is 6.06. The maximum absolute atomic E-state index is 13.6. The summed E-state index contributed by atoms with van der Waals surface area (Å²) in [6, 6.07) is 7.89. The summed E-state index contributed by atoms with van der Waals surface area (Å²) < 4.78 is 45.9. The van der Waals surface area contributed by atoms with E-state index in [-0.39, 0.29) is 23.1 Å². The topological polar surface area (TPSA) is 9.23 Å². The van der Waals surface area contributed by atoms with E-state index in [2.05, 4.69) is 13.8 Å². The van der Waals surface area contributed by atoms with E-state index in [0.717, 1.165) is 23.6 Å². The molecule has 2 rings (SSSR count). The first-order chi connectivity index (χ1) is 13.1. The minimum Gasteiger partial charge on any atom is -0.497 e. The fourth-order valence-corrected chi connectivity index (χ4v) is 3.93. The molecule has 0 heterocycles. The van der Waals surface area contributed by atoms with Gasteiger partial charge in [-0.1, -0.05) is 56.1 Å². The summed E-state index contributed by atoms with van der Waals surface area (Å²) in [6.45, 7) is 6.01. The highest BCUT2D eigenvalue weighted by molar-refractivity contribution is 6.42. The lowest BCUT2D eigenvalue weighted by Gasteiger charge is -2.22. The van der Waals surface area contributed by atoms with Crippen LogP contribution in [0.1, 0.15) is 67.7 Å². The van der Waals surface area contributed by atoms with Crippen molar-refractivity contribution in [3.8, 4) is 5.75 Å². The zero-order valence-corrected chi connectivity index (χ0v) is 18.0. The van der Waals surface area contributed by atoms with E-state index in [0.29, 0.717) is 22.9 Å². The molecule has 0 bridgehead atoms. The van der Waals surface area contributed by atoms with Crippen molar-refractivity contribution >= 4 is 23.2 Å². The van der Waals surface area contributed by atoms with Crippen molar-refractivity contribution in [2.75, 3.05) is 7.11 Å². The number of alkyl halides is 3. The van der Waals surface area contributed by atoms with Gasteiger partial charge in [-0.15, -0.1) is 0 Å². The Morgan fingerprint density at radius 2 is 1.68 bits per heavy atom. The summed E-state index contributed by atoms with van der Waals surface area (Å²) in [5.41, 5.74) is 1.45. The summed E-state index contributed by atoms with van der Waals surface area (Å²) in [7, 11) is 1.36. The van der Waals surface area contributed by atoms with Crippen molar-refractivity contribution in [1.29, 1.82) is 0 Å². The highest BCUT2D eigenvalue weighted by Gasteiger charge is 2.35. The Balaban J connectivity index is 2.47. The van der Waals surface area contributed by atoms with Crippen LogP contribution in [0.4, 0.5) is 13.2 Å². The zero-order chi connectivity index (χ0) is 21.1. The SMILES string of the molecule is CCC(C)c1cc(CC(CC)c2ccc(OC)cc2C(F)(F)F)cc(Cl)c1Cl. The van der Waals surface area contributed by atoms with E-state index in [9.17, 15) is 13.2 Å². The lowest BCUT2D eigenvalue weighted by atomic mass is 9.85. The Hall–Kier alpha value is -1.39. The molecule has 2 unspecified atom stereocenters. The lowest BCUT2D eigenvalue weighted by molar-refractivity contribution is -0.138. The minimum atomic E-state index is -4.45. The van der Waals surface area contributed by atoms with Gasteiger partial charge in [0.1, 0.15) is 5.75 Å². The maximum Gasteiger partial charge on any atom is 0.416 e. The van der Waals surface area contributed by atoms with Crippen molar-refractivity contribution < 1.29 is 17.9 Å². The molecule has 6 heteroatoms. The highest BCUT2D eigenvalue weighted by atomic mass is 35.5. The van der Waals surface area contributed by atoms with Crippen molar-refractivity contribution in [3.05, 3.63) is 62.6 Å². The predicted molar refractivity (Wildman–Crippen MR) is 110 cm³/mol. The van der Waals surface area contributed by atoms with Crippen LogP contribution in [0.15, 0.2) is 30.3 Å². The van der Waals surface area contributed by atoms with E-state index in [1.165, 1.54) is 13.2 Å². The van der Waals surface area contributed by atoms with Crippen molar-refractivity contribution in [3.63, 3.8) is 0 Å². The molecule has 0 aliphatic heterocycles. The minimum absolute atomic E-state index is 0.194. The molecule has 1 nitrogen and oxygen atoms in total. The van der Waals surface area contributed by atoms with Crippen LogP contribution in [0.2, 0.25) is 10.0 Å². The predicted octanol–water partition coefficient (Wildman–Crippen LogP) is 8.27. The number of hydrogen-bond donors (Lipinski definition) is 0. The second-order valence-corrected chi connectivity index (χ2v) is 7.84. The normalized spacial score (nSPS) is 14.0. The van der Waals surface area contributed by atoms with Crippen molar-refractivity contribution in [1.82, 2.24) is 0 Å². The Kier molecular flexibility index (Phi) is 7.69. The van der Waals surface area contributed by atoms with Crippen LogP contribution >= 0.6 is 23.2 Å². The maximum atomic E-state index is 13.6. The van der Waals surface area contributed by atoms with Gasteiger partial charge in [0.05, 0.1) is 22.7 Å². The summed E-state index contributed by atoms with van der Waals surface area (Å²) in [4.78, 5) is 0. The van der Waals surface area contributed by atoms with Crippen LogP contribution in [0, 0.1) is 0 Å². The standard InChI is InChI=1S/C22H25Cl2F3O/c1-5-13(3)18-10-14(11-20(23)21(18)24)9-15(6-2)17-8-7-16(28-4)12-19(17)22(25,26)27/h7-8,10-13,15H,5-6,9H2,1-4H3. The van der Waals surface area contributed by atoms with Crippen LogP contribution in [0.5, 0.6) is 5.75 Å². The van der Waals surface area contributed by atoms with Gasteiger partial charge < -0.3 is 4.74 Å². The fraction of sp³-hybridized carbons (Fsp3) is 0.455. The van der Waals surface area contributed by atoms with E-state index in [1.807, 2.05) is 13.0 Å². The summed E-state index contributed by atoms with van der Waals surface area (Å²) in [5, 5.41) is 0.961. The molecule has 2 aromatic rings. The lowest BCUT2D eigenvalue weighted by Crippen LogP contribution is -2.14. The number of methoxy groups -OCH3 is 1. The highest BCUT2D eigenvalue weighted by Crippen LogP contribution is 2.40. The Morgan fingerprint density at radius 1 is 1.00 bits per heavy atom. The van der Waals surface area contributed by atoms with Gasteiger partial charge in [-0.25, -0.2) is 0 Å². The molecule has 28 heavy (non-hydrogen) atoms. The number of rotatable bonds is 7. The van der Waals surface area contributed by atoms with Gasteiger partial charge in [0, 0.05) is 0 Å².